The Morgan fingerprint density at radius 1 is 1.12 bits per heavy atom. The molecule has 1 atom stereocenters. The first-order valence-electron chi connectivity index (χ1n) is 11.6. The van der Waals surface area contributed by atoms with Crippen molar-refractivity contribution < 1.29 is 24.3 Å². The third kappa shape index (κ3) is 5.63. The van der Waals surface area contributed by atoms with Crippen molar-refractivity contribution in [2.24, 2.45) is 5.92 Å². The Morgan fingerprint density at radius 3 is 2.42 bits per heavy atom. The molecule has 0 saturated carbocycles. The van der Waals surface area contributed by atoms with Crippen molar-refractivity contribution in [3.8, 4) is 5.75 Å². The molecule has 2 N–H and O–H groups in total. The second-order valence-corrected chi connectivity index (χ2v) is 9.40. The van der Waals surface area contributed by atoms with Crippen molar-refractivity contribution in [2.75, 3.05) is 33.8 Å². The van der Waals surface area contributed by atoms with Crippen LogP contribution >= 0.6 is 0 Å². The van der Waals surface area contributed by atoms with Gasteiger partial charge in [-0.05, 0) is 42.2 Å². The number of ketones is 1. The fourth-order valence-electron chi connectivity index (χ4n) is 4.07. The number of carbonyl (C=O) groups is 2. The molecule has 1 amide bonds. The van der Waals surface area contributed by atoms with Gasteiger partial charge in [-0.15, -0.1) is 0 Å². The number of nitrogens with zero attached hydrogens (tertiary/aromatic N) is 1. The number of amides is 1. The molecule has 1 saturated heterocycles. The number of likely N-dealkylation sites (tertiary alicyclic amines) is 1. The first-order chi connectivity index (χ1) is 15.7. The van der Waals surface area contributed by atoms with Crippen LogP contribution in [0, 0.1) is 12.8 Å². The van der Waals surface area contributed by atoms with Crippen LogP contribution in [0.1, 0.15) is 43.0 Å². The fraction of sp³-hybridized carbons (Fsp3) is 0.407. The zero-order chi connectivity index (χ0) is 24.1. The molecule has 0 spiro atoms. The van der Waals surface area contributed by atoms with Gasteiger partial charge in [-0.1, -0.05) is 44.2 Å². The lowest BCUT2D eigenvalue weighted by atomic mass is 9.95. The lowest BCUT2D eigenvalue weighted by Gasteiger charge is -2.25. The summed E-state index contributed by atoms with van der Waals surface area (Å²) in [4.78, 5) is 29.0. The van der Waals surface area contributed by atoms with Crippen LogP contribution < -0.4 is 9.64 Å². The lowest BCUT2D eigenvalue weighted by molar-refractivity contribution is -0.858. The molecular weight excluding hydrogens is 416 g/mol. The van der Waals surface area contributed by atoms with Gasteiger partial charge in [0.1, 0.15) is 11.5 Å². The Bertz CT molecular complexity index is 1030. The molecule has 0 aromatic heterocycles. The first kappa shape index (κ1) is 24.5. The molecule has 1 fully saturated rings. The standard InChI is InChI=1S/C27H34N2O4/c1-18(2)17-33-22-13-12-21(16-19(22)3)25(30)23-24(20-10-7-6-8-11-20)29(27(32)26(23)31)15-9-14-28(4)5/h6-8,10-13,16,18,24,30H,9,14-15,17H2,1-5H3/p+1. The van der Waals surface area contributed by atoms with Gasteiger partial charge in [0.05, 0.1) is 38.9 Å². The molecule has 2 aromatic carbocycles. The number of ether oxygens (including phenoxy) is 1. The van der Waals surface area contributed by atoms with Crippen LogP contribution in [0.15, 0.2) is 54.1 Å². The summed E-state index contributed by atoms with van der Waals surface area (Å²) < 4.78 is 5.84. The molecule has 176 valence electrons. The molecule has 1 unspecified atom stereocenters. The van der Waals surface area contributed by atoms with E-state index in [0.29, 0.717) is 24.6 Å². The van der Waals surface area contributed by atoms with Crippen molar-refractivity contribution in [3.05, 3.63) is 70.8 Å². The van der Waals surface area contributed by atoms with E-state index in [1.54, 1.807) is 23.1 Å². The number of aryl methyl sites for hydroxylation is 1. The number of aliphatic hydroxyl groups is 1. The molecule has 1 aliphatic heterocycles. The van der Waals surface area contributed by atoms with E-state index in [9.17, 15) is 14.7 Å². The minimum atomic E-state index is -0.642. The summed E-state index contributed by atoms with van der Waals surface area (Å²) in [7, 11) is 4.11. The van der Waals surface area contributed by atoms with E-state index in [1.165, 1.54) is 4.90 Å². The molecule has 1 heterocycles. The maximum atomic E-state index is 13.1. The zero-order valence-electron chi connectivity index (χ0n) is 20.2. The lowest BCUT2D eigenvalue weighted by Crippen LogP contribution is -3.05. The summed E-state index contributed by atoms with van der Waals surface area (Å²) in [5, 5.41) is 11.2. The van der Waals surface area contributed by atoms with Gasteiger partial charge in [-0.2, -0.15) is 0 Å². The van der Waals surface area contributed by atoms with Crippen molar-refractivity contribution in [2.45, 2.75) is 33.2 Å². The minimum absolute atomic E-state index is 0.138. The van der Waals surface area contributed by atoms with Gasteiger partial charge >= 0.3 is 0 Å². The third-order valence-corrected chi connectivity index (χ3v) is 5.75. The van der Waals surface area contributed by atoms with Gasteiger partial charge in [-0.25, -0.2) is 0 Å². The average molecular weight is 452 g/mol. The van der Waals surface area contributed by atoms with E-state index in [-0.39, 0.29) is 11.3 Å². The fourth-order valence-corrected chi connectivity index (χ4v) is 4.07. The Balaban J connectivity index is 2.01. The van der Waals surface area contributed by atoms with Crippen LogP contribution in [0.4, 0.5) is 0 Å². The van der Waals surface area contributed by atoms with E-state index < -0.39 is 17.7 Å². The SMILES string of the molecule is Cc1cc(C(O)=C2C(=O)C(=O)N(CCC[NH+](C)C)C2c2ccccc2)ccc1OCC(C)C. The zero-order valence-corrected chi connectivity index (χ0v) is 20.2. The normalized spacial score (nSPS) is 17.9. The van der Waals surface area contributed by atoms with Crippen molar-refractivity contribution in [1.82, 2.24) is 4.90 Å². The summed E-state index contributed by atoms with van der Waals surface area (Å²) >= 11 is 0. The van der Waals surface area contributed by atoms with E-state index in [0.717, 1.165) is 29.8 Å². The van der Waals surface area contributed by atoms with Crippen LogP contribution in [0.25, 0.3) is 5.76 Å². The highest BCUT2D eigenvalue weighted by Gasteiger charge is 2.45. The number of carbonyl (C=O) groups excluding carboxylic acids is 2. The van der Waals surface area contributed by atoms with Gasteiger partial charge in [0.15, 0.2) is 0 Å². The molecule has 0 aliphatic carbocycles. The number of benzene rings is 2. The number of Topliss-reactive ketones (excluding diaryl/α,β-unsaturated/α-hetero) is 1. The highest BCUT2D eigenvalue weighted by Crippen LogP contribution is 2.39. The molecular formula is C27H35N2O4+. The maximum Gasteiger partial charge on any atom is 0.295 e. The number of nitrogens with one attached hydrogen (secondary N) is 1. The van der Waals surface area contributed by atoms with Gasteiger partial charge in [0.2, 0.25) is 0 Å². The van der Waals surface area contributed by atoms with Gasteiger partial charge < -0.3 is 19.6 Å². The van der Waals surface area contributed by atoms with E-state index >= 15 is 0 Å². The Morgan fingerprint density at radius 2 is 1.82 bits per heavy atom. The smallest absolute Gasteiger partial charge is 0.295 e. The molecule has 0 bridgehead atoms. The number of quaternary nitrogens is 1. The molecule has 2 aromatic rings. The number of hydrogen-bond acceptors (Lipinski definition) is 4. The second-order valence-electron chi connectivity index (χ2n) is 9.40. The molecule has 0 radical (unpaired) electrons. The molecule has 3 rings (SSSR count). The summed E-state index contributed by atoms with van der Waals surface area (Å²) in [6, 6.07) is 14.2. The Hall–Kier alpha value is -3.12. The minimum Gasteiger partial charge on any atom is -0.507 e. The summed E-state index contributed by atoms with van der Waals surface area (Å²) in [6.45, 7) is 7.99. The van der Waals surface area contributed by atoms with Crippen molar-refractivity contribution >= 4 is 17.4 Å². The van der Waals surface area contributed by atoms with Gasteiger partial charge in [0, 0.05) is 18.5 Å². The quantitative estimate of drug-likeness (QED) is 0.349. The van der Waals surface area contributed by atoms with Gasteiger partial charge in [-0.3, -0.25) is 9.59 Å². The van der Waals surface area contributed by atoms with Crippen molar-refractivity contribution in [3.63, 3.8) is 0 Å². The van der Waals surface area contributed by atoms with Crippen LogP contribution in [-0.4, -0.2) is 55.5 Å². The highest BCUT2D eigenvalue weighted by molar-refractivity contribution is 6.46. The first-order valence-corrected chi connectivity index (χ1v) is 11.6. The highest BCUT2D eigenvalue weighted by atomic mass is 16.5. The van der Waals surface area contributed by atoms with E-state index in [4.69, 9.17) is 4.74 Å². The van der Waals surface area contributed by atoms with Crippen LogP contribution in [0.2, 0.25) is 0 Å². The summed E-state index contributed by atoms with van der Waals surface area (Å²) in [5.41, 5.74) is 2.31. The average Bonchev–Trinajstić information content (AvgIpc) is 3.03. The molecule has 33 heavy (non-hydrogen) atoms. The summed E-state index contributed by atoms with van der Waals surface area (Å²) in [6.07, 6.45) is 0.764. The maximum absolute atomic E-state index is 13.1. The topological polar surface area (TPSA) is 71.3 Å². The predicted molar refractivity (Wildman–Crippen MR) is 129 cm³/mol. The molecule has 1 aliphatic rings. The Labute approximate surface area is 196 Å². The third-order valence-electron chi connectivity index (χ3n) is 5.75. The molecule has 6 nitrogen and oxygen atoms in total. The van der Waals surface area contributed by atoms with Crippen LogP contribution in [-0.2, 0) is 9.59 Å². The number of rotatable bonds is 9. The number of aliphatic hydroxyl groups excluding tert-OH is 1. The number of hydrogen-bond donors (Lipinski definition) is 2. The largest absolute Gasteiger partial charge is 0.507 e. The monoisotopic (exact) mass is 451 g/mol. The van der Waals surface area contributed by atoms with Crippen molar-refractivity contribution in [1.29, 1.82) is 0 Å². The van der Waals surface area contributed by atoms with E-state index in [1.807, 2.05) is 37.3 Å². The van der Waals surface area contributed by atoms with Gasteiger partial charge in [0.25, 0.3) is 11.7 Å². The summed E-state index contributed by atoms with van der Waals surface area (Å²) in [5.74, 6) is -0.217. The Kier molecular flexibility index (Phi) is 7.92. The van der Waals surface area contributed by atoms with Crippen LogP contribution in [0.5, 0.6) is 5.75 Å². The predicted octanol–water partition coefficient (Wildman–Crippen LogP) is 2.99. The second kappa shape index (κ2) is 10.7. The van der Waals surface area contributed by atoms with Crippen LogP contribution in [0.3, 0.4) is 0 Å². The molecule has 6 heteroatoms. The van der Waals surface area contributed by atoms with E-state index in [2.05, 4.69) is 27.9 Å².